The molecule has 1 saturated carbocycles. The summed E-state index contributed by atoms with van der Waals surface area (Å²) in [6, 6.07) is 7.19. The third-order valence-corrected chi connectivity index (χ3v) is 3.61. The first kappa shape index (κ1) is 9.97. The van der Waals surface area contributed by atoms with E-state index >= 15 is 0 Å². The Hall–Kier alpha value is -1.22. The van der Waals surface area contributed by atoms with E-state index in [2.05, 4.69) is 5.32 Å². The van der Waals surface area contributed by atoms with Crippen LogP contribution >= 0.6 is 11.6 Å². The second kappa shape index (κ2) is 3.67. The van der Waals surface area contributed by atoms with Gasteiger partial charge in [0.2, 0.25) is 0 Å². The summed E-state index contributed by atoms with van der Waals surface area (Å²) in [5.74, 6) is 1.55. The Kier molecular flexibility index (Phi) is 2.28. The van der Waals surface area contributed by atoms with Crippen molar-refractivity contribution in [3.8, 4) is 0 Å². The van der Waals surface area contributed by atoms with E-state index in [0.29, 0.717) is 5.02 Å². The molecule has 3 nitrogen and oxygen atoms in total. The number of rotatable bonds is 1. The Balaban J connectivity index is 1.61. The number of nitrogens with zero attached hydrogens (tertiary/aromatic N) is 1. The van der Waals surface area contributed by atoms with Gasteiger partial charge in [-0.3, -0.25) is 0 Å². The second-order valence-electron chi connectivity index (χ2n) is 4.60. The summed E-state index contributed by atoms with van der Waals surface area (Å²) < 4.78 is 0. The van der Waals surface area contributed by atoms with Gasteiger partial charge in [-0.1, -0.05) is 11.6 Å². The van der Waals surface area contributed by atoms with Crippen molar-refractivity contribution in [2.45, 2.75) is 6.42 Å². The minimum Gasteiger partial charge on any atom is -0.324 e. The van der Waals surface area contributed by atoms with Gasteiger partial charge in [-0.15, -0.1) is 0 Å². The van der Waals surface area contributed by atoms with Crippen LogP contribution in [0, 0.1) is 11.8 Å². The number of nitrogens with one attached hydrogen (secondary N) is 1. The highest BCUT2D eigenvalue weighted by atomic mass is 35.5. The van der Waals surface area contributed by atoms with Crippen molar-refractivity contribution < 1.29 is 4.79 Å². The molecule has 3 rings (SSSR count). The molecular formula is C12H13ClN2O. The van der Waals surface area contributed by atoms with Crippen molar-refractivity contribution in [1.82, 2.24) is 4.90 Å². The summed E-state index contributed by atoms with van der Waals surface area (Å²) in [4.78, 5) is 13.7. The van der Waals surface area contributed by atoms with Gasteiger partial charge >= 0.3 is 6.03 Å². The quantitative estimate of drug-likeness (QED) is 0.799. The van der Waals surface area contributed by atoms with Crippen molar-refractivity contribution >= 4 is 23.3 Å². The van der Waals surface area contributed by atoms with Gasteiger partial charge in [-0.25, -0.2) is 4.79 Å². The highest BCUT2D eigenvalue weighted by Crippen LogP contribution is 2.44. The van der Waals surface area contributed by atoms with E-state index in [0.717, 1.165) is 30.6 Å². The van der Waals surface area contributed by atoms with Crippen LogP contribution in [-0.4, -0.2) is 24.0 Å². The first-order chi connectivity index (χ1) is 7.72. The van der Waals surface area contributed by atoms with Crippen LogP contribution in [0.2, 0.25) is 5.02 Å². The Morgan fingerprint density at radius 1 is 1.25 bits per heavy atom. The number of anilines is 1. The van der Waals surface area contributed by atoms with E-state index in [1.54, 1.807) is 12.1 Å². The van der Waals surface area contributed by atoms with Crippen molar-refractivity contribution in [3.05, 3.63) is 29.3 Å². The smallest absolute Gasteiger partial charge is 0.321 e. The molecule has 1 heterocycles. The fraction of sp³-hybridized carbons (Fsp3) is 0.417. The van der Waals surface area contributed by atoms with Crippen molar-refractivity contribution in [3.63, 3.8) is 0 Å². The zero-order valence-electron chi connectivity index (χ0n) is 8.82. The predicted molar refractivity (Wildman–Crippen MR) is 63.6 cm³/mol. The zero-order chi connectivity index (χ0) is 11.1. The van der Waals surface area contributed by atoms with Gasteiger partial charge in [0.1, 0.15) is 0 Å². The van der Waals surface area contributed by atoms with E-state index in [-0.39, 0.29) is 6.03 Å². The number of likely N-dealkylation sites (tertiary alicyclic amines) is 1. The molecular weight excluding hydrogens is 224 g/mol. The van der Waals surface area contributed by atoms with Crippen molar-refractivity contribution in [2.24, 2.45) is 11.8 Å². The van der Waals surface area contributed by atoms with Gasteiger partial charge in [0.25, 0.3) is 0 Å². The van der Waals surface area contributed by atoms with Crippen LogP contribution in [0.3, 0.4) is 0 Å². The molecule has 16 heavy (non-hydrogen) atoms. The SMILES string of the molecule is O=C(Nc1ccc(Cl)cc1)N1CC2CC2C1. The molecule has 2 amide bonds. The number of hydrogen-bond donors (Lipinski definition) is 1. The number of piperidine rings is 1. The largest absolute Gasteiger partial charge is 0.324 e. The van der Waals surface area contributed by atoms with E-state index in [4.69, 9.17) is 11.6 Å². The summed E-state index contributed by atoms with van der Waals surface area (Å²) in [5.41, 5.74) is 0.801. The minimum absolute atomic E-state index is 0.00882. The first-order valence-electron chi connectivity index (χ1n) is 5.54. The molecule has 2 unspecified atom stereocenters. The Morgan fingerprint density at radius 2 is 1.88 bits per heavy atom. The Labute approximate surface area is 99.4 Å². The summed E-state index contributed by atoms with van der Waals surface area (Å²) >= 11 is 5.78. The number of halogens is 1. The van der Waals surface area contributed by atoms with E-state index in [1.807, 2.05) is 17.0 Å². The molecule has 0 aromatic heterocycles. The topological polar surface area (TPSA) is 32.3 Å². The third kappa shape index (κ3) is 1.87. The standard InChI is InChI=1S/C12H13ClN2O/c13-10-1-3-11(4-2-10)14-12(16)15-6-8-5-9(8)7-15/h1-4,8-9H,5-7H2,(H,14,16). The summed E-state index contributed by atoms with van der Waals surface area (Å²) in [7, 11) is 0. The first-order valence-corrected chi connectivity index (χ1v) is 5.91. The minimum atomic E-state index is 0.00882. The molecule has 0 radical (unpaired) electrons. The van der Waals surface area contributed by atoms with Gasteiger partial charge < -0.3 is 10.2 Å². The van der Waals surface area contributed by atoms with Gasteiger partial charge in [0.15, 0.2) is 0 Å². The van der Waals surface area contributed by atoms with Crippen molar-refractivity contribution in [1.29, 1.82) is 0 Å². The fourth-order valence-electron chi connectivity index (χ4n) is 2.30. The lowest BCUT2D eigenvalue weighted by molar-refractivity contribution is 0.217. The number of amides is 2. The molecule has 1 aromatic rings. The maximum atomic E-state index is 11.8. The van der Waals surface area contributed by atoms with Gasteiger partial charge in [0, 0.05) is 23.8 Å². The molecule has 2 atom stereocenters. The maximum absolute atomic E-state index is 11.8. The summed E-state index contributed by atoms with van der Waals surface area (Å²) in [6.45, 7) is 1.84. The number of carbonyl (C=O) groups excluding carboxylic acids is 1. The third-order valence-electron chi connectivity index (χ3n) is 3.36. The molecule has 0 bridgehead atoms. The molecule has 1 N–H and O–H groups in total. The summed E-state index contributed by atoms with van der Waals surface area (Å²) in [5, 5.41) is 3.56. The lowest BCUT2D eigenvalue weighted by atomic mass is 10.3. The number of urea groups is 1. The van der Waals surface area contributed by atoms with Crippen LogP contribution in [0.4, 0.5) is 10.5 Å². The number of hydrogen-bond acceptors (Lipinski definition) is 1. The summed E-state index contributed by atoms with van der Waals surface area (Å²) in [6.07, 6.45) is 1.31. The van der Waals surface area contributed by atoms with Gasteiger partial charge in [-0.2, -0.15) is 0 Å². The van der Waals surface area contributed by atoms with E-state index in [9.17, 15) is 4.79 Å². The lowest BCUT2D eigenvalue weighted by Gasteiger charge is -2.18. The normalized spacial score (nSPS) is 26.4. The van der Waals surface area contributed by atoms with Crippen LogP contribution in [-0.2, 0) is 0 Å². The molecule has 1 aliphatic carbocycles. The van der Waals surface area contributed by atoms with Crippen LogP contribution in [0.15, 0.2) is 24.3 Å². The van der Waals surface area contributed by atoms with Crippen LogP contribution in [0.5, 0.6) is 0 Å². The second-order valence-corrected chi connectivity index (χ2v) is 5.03. The van der Waals surface area contributed by atoms with Gasteiger partial charge in [0.05, 0.1) is 0 Å². The highest BCUT2D eigenvalue weighted by molar-refractivity contribution is 6.30. The maximum Gasteiger partial charge on any atom is 0.321 e. The molecule has 2 aliphatic rings. The molecule has 1 aromatic carbocycles. The predicted octanol–water partition coefficient (Wildman–Crippen LogP) is 2.82. The lowest BCUT2D eigenvalue weighted by Crippen LogP contribution is -2.34. The number of carbonyl (C=O) groups is 1. The average molecular weight is 237 g/mol. The van der Waals surface area contributed by atoms with E-state index < -0.39 is 0 Å². The molecule has 2 fully saturated rings. The monoisotopic (exact) mass is 236 g/mol. The Bertz CT molecular complexity index is 408. The van der Waals surface area contributed by atoms with Crippen LogP contribution < -0.4 is 5.32 Å². The van der Waals surface area contributed by atoms with E-state index in [1.165, 1.54) is 6.42 Å². The van der Waals surface area contributed by atoms with Crippen molar-refractivity contribution in [2.75, 3.05) is 18.4 Å². The molecule has 1 aliphatic heterocycles. The average Bonchev–Trinajstić information content (AvgIpc) is 2.89. The van der Waals surface area contributed by atoms with Crippen LogP contribution in [0.1, 0.15) is 6.42 Å². The molecule has 1 saturated heterocycles. The fourth-order valence-corrected chi connectivity index (χ4v) is 2.43. The van der Waals surface area contributed by atoms with Crippen LogP contribution in [0.25, 0.3) is 0 Å². The number of benzene rings is 1. The zero-order valence-corrected chi connectivity index (χ0v) is 9.57. The molecule has 4 heteroatoms. The molecule has 0 spiro atoms. The number of fused-ring (bicyclic) bond motifs is 1. The highest BCUT2D eigenvalue weighted by Gasteiger charge is 2.46. The Morgan fingerprint density at radius 3 is 2.50 bits per heavy atom. The van der Waals surface area contributed by atoms with Gasteiger partial charge in [-0.05, 0) is 42.5 Å². The molecule has 84 valence electrons.